The summed E-state index contributed by atoms with van der Waals surface area (Å²) in [5.74, 6) is -0.952. The molecule has 0 atom stereocenters. The number of nitrogens with one attached hydrogen (secondary N) is 1. The lowest BCUT2D eigenvalue weighted by Crippen LogP contribution is -2.40. The molecule has 0 unspecified atom stereocenters. The lowest BCUT2D eigenvalue weighted by atomic mass is 10.0. The Labute approximate surface area is 127 Å². The van der Waals surface area contributed by atoms with Gasteiger partial charge in [0.25, 0.3) is 5.91 Å². The molecule has 0 radical (unpaired) electrons. The Bertz CT molecular complexity index is 705. The van der Waals surface area contributed by atoms with Crippen LogP contribution in [0.5, 0.6) is 0 Å². The van der Waals surface area contributed by atoms with Crippen LogP contribution in [-0.4, -0.2) is 26.4 Å². The first-order chi connectivity index (χ1) is 10.5. The highest BCUT2D eigenvalue weighted by molar-refractivity contribution is 5.97. The highest BCUT2D eigenvalue weighted by Crippen LogP contribution is 2.30. The molecule has 1 heterocycles. The van der Waals surface area contributed by atoms with Crippen LogP contribution in [-0.2, 0) is 4.79 Å². The van der Waals surface area contributed by atoms with Crippen LogP contribution in [0.15, 0.2) is 30.6 Å². The average molecular weight is 303 g/mol. The second-order valence-electron chi connectivity index (χ2n) is 5.82. The summed E-state index contributed by atoms with van der Waals surface area (Å²) in [6, 6.07) is 4.39. The molecule has 1 saturated carbocycles. The number of amides is 1. The van der Waals surface area contributed by atoms with E-state index in [0.29, 0.717) is 24.2 Å². The Hall–Kier alpha value is -2.21. The number of aliphatic hydroxyl groups is 1. The van der Waals surface area contributed by atoms with E-state index in [1.165, 1.54) is 10.7 Å². The molecule has 22 heavy (non-hydrogen) atoms. The van der Waals surface area contributed by atoms with Crippen molar-refractivity contribution in [2.45, 2.75) is 38.2 Å². The third-order valence-electron chi connectivity index (χ3n) is 4.02. The number of aromatic nitrogens is 2. The van der Waals surface area contributed by atoms with Gasteiger partial charge in [-0.2, -0.15) is 5.10 Å². The summed E-state index contributed by atoms with van der Waals surface area (Å²) < 4.78 is 15.6. The van der Waals surface area contributed by atoms with Crippen LogP contribution >= 0.6 is 0 Å². The lowest BCUT2D eigenvalue weighted by Gasteiger charge is -2.21. The van der Waals surface area contributed by atoms with E-state index >= 15 is 0 Å². The minimum atomic E-state index is -1.33. The molecule has 0 bridgehead atoms. The SMILES string of the molecule is Cc1cnn(-c2ccc(NC(=O)C3(O)CCCC3)cc2F)c1. The van der Waals surface area contributed by atoms with Crippen molar-refractivity contribution in [3.8, 4) is 5.69 Å². The lowest BCUT2D eigenvalue weighted by molar-refractivity contribution is -0.133. The van der Waals surface area contributed by atoms with E-state index in [0.717, 1.165) is 18.4 Å². The van der Waals surface area contributed by atoms with Crippen molar-refractivity contribution >= 4 is 11.6 Å². The molecule has 0 aliphatic heterocycles. The van der Waals surface area contributed by atoms with Gasteiger partial charge in [-0.3, -0.25) is 4.79 Å². The van der Waals surface area contributed by atoms with Gasteiger partial charge in [0.05, 0.1) is 6.20 Å². The zero-order valence-corrected chi connectivity index (χ0v) is 12.3. The second-order valence-corrected chi connectivity index (χ2v) is 5.82. The standard InChI is InChI=1S/C16H18FN3O2/c1-11-9-18-20(10-11)14-5-4-12(8-13(14)17)19-15(21)16(22)6-2-3-7-16/h4-5,8-10,22H,2-3,6-7H2,1H3,(H,19,21). The summed E-state index contributed by atoms with van der Waals surface area (Å²) in [4.78, 5) is 12.1. The average Bonchev–Trinajstić information content (AvgIpc) is 3.09. The Morgan fingerprint density at radius 2 is 2.14 bits per heavy atom. The maximum Gasteiger partial charge on any atom is 0.256 e. The molecule has 1 aromatic carbocycles. The van der Waals surface area contributed by atoms with Gasteiger partial charge in [0.15, 0.2) is 5.82 Å². The molecule has 6 heteroatoms. The van der Waals surface area contributed by atoms with Gasteiger partial charge >= 0.3 is 0 Å². The van der Waals surface area contributed by atoms with Crippen molar-refractivity contribution < 1.29 is 14.3 Å². The Morgan fingerprint density at radius 1 is 1.41 bits per heavy atom. The zero-order valence-electron chi connectivity index (χ0n) is 12.3. The summed E-state index contributed by atoms with van der Waals surface area (Å²) in [6.45, 7) is 1.87. The maximum absolute atomic E-state index is 14.2. The number of aryl methyl sites for hydroxylation is 1. The van der Waals surface area contributed by atoms with Gasteiger partial charge in [-0.15, -0.1) is 0 Å². The van der Waals surface area contributed by atoms with Crippen molar-refractivity contribution in [1.82, 2.24) is 9.78 Å². The molecule has 3 rings (SSSR count). The molecule has 0 saturated heterocycles. The smallest absolute Gasteiger partial charge is 0.256 e. The van der Waals surface area contributed by atoms with Gasteiger partial charge in [0.1, 0.15) is 11.3 Å². The van der Waals surface area contributed by atoms with Crippen LogP contribution in [0.1, 0.15) is 31.2 Å². The molecular formula is C16H18FN3O2. The first-order valence-electron chi connectivity index (χ1n) is 7.33. The Morgan fingerprint density at radius 3 is 2.73 bits per heavy atom. The molecule has 5 nitrogen and oxygen atoms in total. The van der Waals surface area contributed by atoms with Crippen molar-refractivity contribution in [1.29, 1.82) is 0 Å². The minimum Gasteiger partial charge on any atom is -0.380 e. The van der Waals surface area contributed by atoms with E-state index < -0.39 is 17.3 Å². The van der Waals surface area contributed by atoms with Crippen molar-refractivity contribution in [3.05, 3.63) is 42.0 Å². The van der Waals surface area contributed by atoms with Crippen LogP contribution in [0.4, 0.5) is 10.1 Å². The number of carbonyl (C=O) groups is 1. The number of anilines is 1. The highest BCUT2D eigenvalue weighted by atomic mass is 19.1. The summed E-state index contributed by atoms with van der Waals surface area (Å²) in [5, 5.41) is 16.9. The number of benzene rings is 1. The molecule has 2 N–H and O–H groups in total. The molecular weight excluding hydrogens is 285 g/mol. The van der Waals surface area contributed by atoms with Crippen LogP contribution in [0.2, 0.25) is 0 Å². The quantitative estimate of drug-likeness (QED) is 0.915. The summed E-state index contributed by atoms with van der Waals surface area (Å²) in [5.41, 5.74) is 0.246. The predicted molar refractivity (Wildman–Crippen MR) is 80.3 cm³/mol. The van der Waals surface area contributed by atoms with Gasteiger partial charge in [-0.25, -0.2) is 9.07 Å². The van der Waals surface area contributed by atoms with Crippen molar-refractivity contribution in [3.63, 3.8) is 0 Å². The van der Waals surface area contributed by atoms with Crippen LogP contribution < -0.4 is 5.32 Å². The van der Waals surface area contributed by atoms with E-state index in [9.17, 15) is 14.3 Å². The van der Waals surface area contributed by atoms with E-state index in [1.807, 2.05) is 6.92 Å². The summed E-state index contributed by atoms with van der Waals surface area (Å²) in [7, 11) is 0. The van der Waals surface area contributed by atoms with E-state index in [4.69, 9.17) is 0 Å². The largest absolute Gasteiger partial charge is 0.380 e. The third kappa shape index (κ3) is 2.74. The van der Waals surface area contributed by atoms with Crippen LogP contribution in [0.3, 0.4) is 0 Å². The molecule has 1 fully saturated rings. The Kier molecular flexibility index (Phi) is 3.70. The highest BCUT2D eigenvalue weighted by Gasteiger charge is 2.38. The van der Waals surface area contributed by atoms with Gasteiger partial charge < -0.3 is 10.4 Å². The molecule has 1 amide bonds. The van der Waals surface area contributed by atoms with Gasteiger partial charge in [0, 0.05) is 11.9 Å². The van der Waals surface area contributed by atoms with E-state index in [2.05, 4.69) is 10.4 Å². The summed E-state index contributed by atoms with van der Waals surface area (Å²) >= 11 is 0. The zero-order chi connectivity index (χ0) is 15.7. The Balaban J connectivity index is 1.79. The first kappa shape index (κ1) is 14.7. The van der Waals surface area contributed by atoms with Gasteiger partial charge in [-0.1, -0.05) is 0 Å². The van der Waals surface area contributed by atoms with Crippen molar-refractivity contribution in [2.75, 3.05) is 5.32 Å². The predicted octanol–water partition coefficient (Wildman–Crippen LogP) is 2.56. The fraction of sp³-hybridized carbons (Fsp3) is 0.375. The molecule has 1 aromatic heterocycles. The second kappa shape index (κ2) is 5.53. The normalized spacial score (nSPS) is 16.7. The summed E-state index contributed by atoms with van der Waals surface area (Å²) in [6.07, 6.45) is 5.92. The number of rotatable bonds is 3. The molecule has 1 aliphatic carbocycles. The van der Waals surface area contributed by atoms with Crippen LogP contribution in [0.25, 0.3) is 5.69 Å². The number of halogens is 1. The van der Waals surface area contributed by atoms with E-state index in [-0.39, 0.29) is 0 Å². The van der Waals surface area contributed by atoms with Crippen molar-refractivity contribution in [2.24, 2.45) is 0 Å². The fourth-order valence-corrected chi connectivity index (χ4v) is 2.75. The number of hydrogen-bond acceptors (Lipinski definition) is 3. The van der Waals surface area contributed by atoms with Gasteiger partial charge in [0.2, 0.25) is 0 Å². The molecule has 0 spiro atoms. The monoisotopic (exact) mass is 303 g/mol. The van der Waals surface area contributed by atoms with Crippen LogP contribution in [0, 0.1) is 12.7 Å². The maximum atomic E-state index is 14.2. The molecule has 116 valence electrons. The molecule has 1 aliphatic rings. The first-order valence-corrected chi connectivity index (χ1v) is 7.33. The van der Waals surface area contributed by atoms with E-state index in [1.54, 1.807) is 24.5 Å². The van der Waals surface area contributed by atoms with Gasteiger partial charge in [-0.05, 0) is 56.4 Å². The number of nitrogens with zero attached hydrogens (tertiary/aromatic N) is 2. The number of hydrogen-bond donors (Lipinski definition) is 2. The molecule has 2 aromatic rings. The fourth-order valence-electron chi connectivity index (χ4n) is 2.75. The minimum absolute atomic E-state index is 0.311. The number of carbonyl (C=O) groups excluding carboxylic acids is 1. The topological polar surface area (TPSA) is 67.2 Å². The third-order valence-corrected chi connectivity index (χ3v) is 4.02.